The Hall–Kier alpha value is -3.29. The Morgan fingerprint density at radius 1 is 1.14 bits per heavy atom. The Kier molecular flexibility index (Phi) is 6.21. The number of nitrogens with zero attached hydrogens (tertiary/aromatic N) is 1. The van der Waals surface area contributed by atoms with Crippen molar-refractivity contribution in [1.29, 1.82) is 0 Å². The third-order valence-electron chi connectivity index (χ3n) is 4.87. The third kappa shape index (κ3) is 4.26. The normalized spacial score (nSPS) is 15.9. The van der Waals surface area contributed by atoms with Crippen molar-refractivity contribution in [2.45, 2.75) is 13.0 Å². The topological polar surface area (TPSA) is 77.1 Å². The monoisotopic (exact) mass is 402 g/mol. The second-order valence-corrected chi connectivity index (χ2v) is 6.60. The fourth-order valence-electron chi connectivity index (χ4n) is 3.32. The molecular formula is C21H23FN2O5. The summed E-state index contributed by atoms with van der Waals surface area (Å²) in [5.74, 6) is -0.140. The molecular weight excluding hydrogens is 379 g/mol. The van der Waals surface area contributed by atoms with Crippen molar-refractivity contribution >= 4 is 17.5 Å². The zero-order chi connectivity index (χ0) is 21.0. The van der Waals surface area contributed by atoms with Gasteiger partial charge in [-0.25, -0.2) is 4.39 Å². The molecule has 0 saturated carbocycles. The summed E-state index contributed by atoms with van der Waals surface area (Å²) >= 11 is 0. The number of hydrogen-bond donors (Lipinski definition) is 1. The van der Waals surface area contributed by atoms with Crippen molar-refractivity contribution in [2.75, 3.05) is 32.8 Å². The van der Waals surface area contributed by atoms with Gasteiger partial charge in [-0.05, 0) is 6.07 Å². The van der Waals surface area contributed by atoms with Gasteiger partial charge in [0.05, 0.1) is 32.9 Å². The van der Waals surface area contributed by atoms with Gasteiger partial charge in [0.2, 0.25) is 17.6 Å². The van der Waals surface area contributed by atoms with Gasteiger partial charge in [-0.1, -0.05) is 18.2 Å². The Labute approximate surface area is 168 Å². The second-order valence-electron chi connectivity index (χ2n) is 6.60. The molecule has 1 fully saturated rings. The minimum atomic E-state index is -0.534. The first kappa shape index (κ1) is 20.4. The van der Waals surface area contributed by atoms with E-state index in [0.717, 1.165) is 0 Å². The molecule has 29 heavy (non-hydrogen) atoms. The third-order valence-corrected chi connectivity index (χ3v) is 4.87. The number of nitrogens with one attached hydrogen (secondary N) is 1. The summed E-state index contributed by atoms with van der Waals surface area (Å²) in [5.41, 5.74) is 0.945. The molecule has 7 nitrogen and oxygen atoms in total. The fourth-order valence-corrected chi connectivity index (χ4v) is 3.32. The van der Waals surface area contributed by atoms with E-state index in [1.165, 1.54) is 32.3 Å². The molecule has 154 valence electrons. The molecule has 2 aromatic rings. The quantitative estimate of drug-likeness (QED) is 0.770. The molecule has 3 rings (SSSR count). The van der Waals surface area contributed by atoms with E-state index < -0.39 is 5.92 Å². The largest absolute Gasteiger partial charge is 0.493 e. The van der Waals surface area contributed by atoms with Gasteiger partial charge in [0.1, 0.15) is 5.82 Å². The molecule has 1 heterocycles. The van der Waals surface area contributed by atoms with Gasteiger partial charge < -0.3 is 24.4 Å². The predicted octanol–water partition coefficient (Wildman–Crippen LogP) is 2.52. The lowest BCUT2D eigenvalue weighted by atomic mass is 10.1. The maximum absolute atomic E-state index is 13.7. The molecule has 2 amide bonds. The summed E-state index contributed by atoms with van der Waals surface area (Å²) < 4.78 is 29.7. The molecule has 0 aromatic heterocycles. The van der Waals surface area contributed by atoms with Gasteiger partial charge in [-0.15, -0.1) is 0 Å². The maximum Gasteiger partial charge on any atom is 0.227 e. The highest BCUT2D eigenvalue weighted by molar-refractivity contribution is 6.00. The summed E-state index contributed by atoms with van der Waals surface area (Å²) in [5, 5.41) is 2.71. The van der Waals surface area contributed by atoms with Crippen LogP contribution in [0.5, 0.6) is 17.2 Å². The van der Waals surface area contributed by atoms with E-state index in [9.17, 15) is 14.0 Å². The number of methoxy groups -OCH3 is 3. The molecule has 2 aromatic carbocycles. The van der Waals surface area contributed by atoms with Crippen LogP contribution in [0.1, 0.15) is 12.0 Å². The molecule has 0 spiro atoms. The molecule has 8 heteroatoms. The smallest absolute Gasteiger partial charge is 0.227 e. The summed E-state index contributed by atoms with van der Waals surface area (Å²) in [4.78, 5) is 26.6. The molecule has 1 aliphatic rings. The van der Waals surface area contributed by atoms with Gasteiger partial charge in [-0.2, -0.15) is 0 Å². The van der Waals surface area contributed by atoms with Crippen molar-refractivity contribution in [3.63, 3.8) is 0 Å². The van der Waals surface area contributed by atoms with Crippen molar-refractivity contribution in [2.24, 2.45) is 5.92 Å². The number of anilines is 1. The number of rotatable bonds is 7. The fraction of sp³-hybridized carbons (Fsp3) is 0.333. The van der Waals surface area contributed by atoms with Crippen LogP contribution in [0.2, 0.25) is 0 Å². The van der Waals surface area contributed by atoms with E-state index in [0.29, 0.717) is 28.5 Å². The molecule has 0 radical (unpaired) electrons. The average Bonchev–Trinajstić information content (AvgIpc) is 3.13. The summed E-state index contributed by atoms with van der Waals surface area (Å²) in [6.45, 7) is 0.279. The van der Waals surface area contributed by atoms with Crippen molar-refractivity contribution < 1.29 is 28.2 Å². The van der Waals surface area contributed by atoms with Crippen LogP contribution in [0.4, 0.5) is 10.1 Å². The molecule has 1 aliphatic heterocycles. The van der Waals surface area contributed by atoms with Gasteiger partial charge in [0, 0.05) is 37.2 Å². The molecule has 0 unspecified atom stereocenters. The lowest BCUT2D eigenvalue weighted by Crippen LogP contribution is -2.32. The predicted molar refractivity (Wildman–Crippen MR) is 105 cm³/mol. The molecule has 1 saturated heterocycles. The van der Waals surface area contributed by atoms with Crippen LogP contribution < -0.4 is 24.4 Å². The molecule has 1 atom stereocenters. The standard InChI is InChI=1S/C21H23FN2O5/c1-27-17-9-15(10-18(28-2)20(17)29-3)24-12-14(8-19(24)25)21(26)23-11-13-6-4-5-7-16(13)22/h4-7,9-10,14H,8,11-12H2,1-3H3,(H,23,26)/t14-/m1/s1. The SMILES string of the molecule is COc1cc(N2C[C@H](C(=O)NCc3ccccc3F)CC2=O)cc(OC)c1OC. The van der Waals surface area contributed by atoms with Crippen molar-refractivity contribution in [1.82, 2.24) is 5.32 Å². The van der Waals surface area contributed by atoms with Crippen LogP contribution in [0.3, 0.4) is 0 Å². The summed E-state index contributed by atoms with van der Waals surface area (Å²) in [6, 6.07) is 9.57. The van der Waals surface area contributed by atoms with Crippen LogP contribution in [-0.2, 0) is 16.1 Å². The first-order valence-electron chi connectivity index (χ1n) is 9.10. The number of amides is 2. The van der Waals surface area contributed by atoms with Crippen LogP contribution in [0.25, 0.3) is 0 Å². The van der Waals surface area contributed by atoms with E-state index in [1.807, 2.05) is 0 Å². The zero-order valence-corrected chi connectivity index (χ0v) is 16.5. The Balaban J connectivity index is 1.73. The Bertz CT molecular complexity index is 893. The van der Waals surface area contributed by atoms with Gasteiger partial charge >= 0.3 is 0 Å². The highest BCUT2D eigenvalue weighted by Crippen LogP contribution is 2.42. The Morgan fingerprint density at radius 2 is 1.79 bits per heavy atom. The van der Waals surface area contributed by atoms with Crippen LogP contribution in [0, 0.1) is 11.7 Å². The van der Waals surface area contributed by atoms with Crippen LogP contribution in [-0.4, -0.2) is 39.7 Å². The molecule has 0 aliphatic carbocycles. The van der Waals surface area contributed by atoms with Crippen LogP contribution in [0.15, 0.2) is 36.4 Å². The molecule has 0 bridgehead atoms. The zero-order valence-electron chi connectivity index (χ0n) is 16.5. The van der Waals surface area contributed by atoms with E-state index >= 15 is 0 Å². The molecule has 1 N–H and O–H groups in total. The summed E-state index contributed by atoms with van der Waals surface area (Å²) in [6.07, 6.45) is 0.0692. The minimum Gasteiger partial charge on any atom is -0.493 e. The lowest BCUT2D eigenvalue weighted by molar-refractivity contribution is -0.126. The maximum atomic E-state index is 13.7. The van der Waals surface area contributed by atoms with E-state index in [2.05, 4.69) is 5.32 Å². The van der Waals surface area contributed by atoms with E-state index in [1.54, 1.807) is 30.3 Å². The van der Waals surface area contributed by atoms with Crippen LogP contribution >= 0.6 is 0 Å². The first-order valence-corrected chi connectivity index (χ1v) is 9.10. The highest BCUT2D eigenvalue weighted by Gasteiger charge is 2.36. The van der Waals surface area contributed by atoms with Gasteiger partial charge in [0.15, 0.2) is 11.5 Å². The highest BCUT2D eigenvalue weighted by atomic mass is 19.1. The van der Waals surface area contributed by atoms with E-state index in [-0.39, 0.29) is 37.1 Å². The second kappa shape index (κ2) is 8.81. The number of carbonyl (C=O) groups excluding carboxylic acids is 2. The van der Waals surface area contributed by atoms with Crippen molar-refractivity contribution in [3.05, 3.63) is 47.8 Å². The minimum absolute atomic E-state index is 0.0692. The summed E-state index contributed by atoms with van der Waals surface area (Å²) in [7, 11) is 4.48. The van der Waals surface area contributed by atoms with Crippen molar-refractivity contribution in [3.8, 4) is 17.2 Å². The van der Waals surface area contributed by atoms with Gasteiger partial charge in [-0.3, -0.25) is 9.59 Å². The van der Waals surface area contributed by atoms with E-state index in [4.69, 9.17) is 14.2 Å². The number of benzene rings is 2. The number of halogens is 1. The lowest BCUT2D eigenvalue weighted by Gasteiger charge is -2.20. The number of hydrogen-bond acceptors (Lipinski definition) is 5. The number of ether oxygens (including phenoxy) is 3. The number of carbonyl (C=O) groups is 2. The Morgan fingerprint density at radius 3 is 2.38 bits per heavy atom. The average molecular weight is 402 g/mol. The van der Waals surface area contributed by atoms with Gasteiger partial charge in [0.25, 0.3) is 0 Å². The first-order chi connectivity index (χ1) is 14.0.